The van der Waals surface area contributed by atoms with Gasteiger partial charge in [0.2, 0.25) is 0 Å². The predicted molar refractivity (Wildman–Crippen MR) is 180 cm³/mol. The molecule has 6 rings (SSSR count). The minimum absolute atomic E-state index is 0.207. The zero-order valence-electron chi connectivity index (χ0n) is 25.5. The Balaban J connectivity index is 1.62. The summed E-state index contributed by atoms with van der Waals surface area (Å²) < 4.78 is 0. The lowest BCUT2D eigenvalue weighted by molar-refractivity contribution is 0.476. The number of phenolic OH excluding ortho intramolecular Hbond substituents is 3. The van der Waals surface area contributed by atoms with Crippen molar-refractivity contribution in [3.8, 4) is 50.6 Å². The van der Waals surface area contributed by atoms with Crippen LogP contribution in [0.25, 0.3) is 33.4 Å². The van der Waals surface area contributed by atoms with Crippen LogP contribution in [0.15, 0.2) is 127 Å². The van der Waals surface area contributed by atoms with Crippen LogP contribution in [0, 0.1) is 20.8 Å². The quantitative estimate of drug-likeness (QED) is 0.173. The van der Waals surface area contributed by atoms with E-state index in [0.717, 1.165) is 66.8 Å². The molecule has 0 fully saturated rings. The zero-order chi connectivity index (χ0) is 31.0. The smallest absolute Gasteiger partial charge is 0.123 e. The van der Waals surface area contributed by atoms with Gasteiger partial charge in [0.25, 0.3) is 0 Å². The molecule has 0 saturated heterocycles. The van der Waals surface area contributed by atoms with Crippen LogP contribution in [0.2, 0.25) is 0 Å². The maximum absolute atomic E-state index is 11.0. The highest BCUT2D eigenvalue weighted by atomic mass is 16.3. The fraction of sp³-hybridized carbons (Fsp3) is 0.122. The molecule has 3 nitrogen and oxygen atoms in total. The Morgan fingerprint density at radius 3 is 0.955 bits per heavy atom. The monoisotopic (exact) mass is 576 g/mol. The van der Waals surface area contributed by atoms with Crippen molar-refractivity contribution in [2.45, 2.75) is 33.1 Å². The van der Waals surface area contributed by atoms with E-state index >= 15 is 0 Å². The van der Waals surface area contributed by atoms with Crippen molar-refractivity contribution in [1.29, 1.82) is 0 Å². The van der Waals surface area contributed by atoms with Gasteiger partial charge in [-0.1, -0.05) is 108 Å². The summed E-state index contributed by atoms with van der Waals surface area (Å²) in [6.45, 7) is 8.29. The Hall–Kier alpha value is -5.28. The highest BCUT2D eigenvalue weighted by Crippen LogP contribution is 2.46. The molecule has 0 aliphatic rings. The van der Waals surface area contributed by atoms with E-state index in [1.165, 1.54) is 0 Å². The molecule has 0 aliphatic carbocycles. The Morgan fingerprint density at radius 2 is 0.682 bits per heavy atom. The van der Waals surface area contributed by atoms with Crippen LogP contribution in [-0.2, 0) is 5.41 Å². The van der Waals surface area contributed by atoms with Crippen molar-refractivity contribution in [3.63, 3.8) is 0 Å². The van der Waals surface area contributed by atoms with Gasteiger partial charge in [0.15, 0.2) is 0 Å². The van der Waals surface area contributed by atoms with Crippen LogP contribution in [0.4, 0.5) is 0 Å². The van der Waals surface area contributed by atoms with E-state index < -0.39 is 5.41 Å². The molecule has 0 heterocycles. The largest absolute Gasteiger partial charge is 0.507 e. The normalized spacial score (nSPS) is 11.5. The van der Waals surface area contributed by atoms with Gasteiger partial charge in [-0.2, -0.15) is 0 Å². The zero-order valence-corrected chi connectivity index (χ0v) is 25.5. The molecule has 6 aromatic rings. The first-order chi connectivity index (χ1) is 21.1. The van der Waals surface area contributed by atoms with E-state index in [4.69, 9.17) is 0 Å². The summed E-state index contributed by atoms with van der Waals surface area (Å²) in [5.41, 5.74) is 10.5. The van der Waals surface area contributed by atoms with Crippen molar-refractivity contribution in [2.24, 2.45) is 0 Å². The van der Waals surface area contributed by atoms with Gasteiger partial charge in [-0.05, 0) is 97.5 Å². The van der Waals surface area contributed by atoms with E-state index in [1.54, 1.807) is 18.2 Å². The minimum Gasteiger partial charge on any atom is -0.507 e. The van der Waals surface area contributed by atoms with E-state index in [0.29, 0.717) is 0 Å². The SMILES string of the molecule is Cc1cccc(-c2cc(C(C)(c3ccc(O)c(-c4cccc(C)c4)c3)c3ccc(O)c(-c4cccc(C)c4)c3)ccc2O)c1. The van der Waals surface area contributed by atoms with Crippen LogP contribution in [0.5, 0.6) is 17.2 Å². The molecule has 6 aromatic carbocycles. The maximum Gasteiger partial charge on any atom is 0.123 e. The molecule has 218 valence electrons. The third-order valence-electron chi connectivity index (χ3n) is 8.71. The lowest BCUT2D eigenvalue weighted by atomic mass is 9.69. The molecular formula is C41H36O3. The third-order valence-corrected chi connectivity index (χ3v) is 8.71. The molecule has 0 spiro atoms. The van der Waals surface area contributed by atoms with Crippen molar-refractivity contribution in [2.75, 3.05) is 0 Å². The van der Waals surface area contributed by atoms with Gasteiger partial charge in [0, 0.05) is 22.1 Å². The molecule has 0 amide bonds. The Labute approximate surface area is 259 Å². The van der Waals surface area contributed by atoms with Crippen LogP contribution in [0.3, 0.4) is 0 Å². The maximum atomic E-state index is 11.0. The predicted octanol–water partition coefficient (Wildman–Crippen LogP) is 10.1. The average molecular weight is 577 g/mol. The molecule has 0 saturated carbocycles. The Bertz CT molecular complexity index is 1770. The summed E-state index contributed by atoms with van der Waals surface area (Å²) in [5.74, 6) is 0.622. The summed E-state index contributed by atoms with van der Waals surface area (Å²) in [6, 6.07) is 41.7. The summed E-state index contributed by atoms with van der Waals surface area (Å²) in [5, 5.41) is 33.1. The van der Waals surface area contributed by atoms with Crippen LogP contribution in [0.1, 0.15) is 40.3 Å². The van der Waals surface area contributed by atoms with Gasteiger partial charge in [-0.3, -0.25) is 0 Å². The topological polar surface area (TPSA) is 60.7 Å². The lowest BCUT2D eigenvalue weighted by Gasteiger charge is -2.33. The van der Waals surface area contributed by atoms with Crippen molar-refractivity contribution < 1.29 is 15.3 Å². The summed E-state index contributed by atoms with van der Waals surface area (Å²) in [4.78, 5) is 0. The minimum atomic E-state index is -0.731. The summed E-state index contributed by atoms with van der Waals surface area (Å²) >= 11 is 0. The number of aryl methyl sites for hydroxylation is 3. The van der Waals surface area contributed by atoms with Crippen molar-refractivity contribution >= 4 is 0 Å². The number of phenols is 3. The third kappa shape index (κ3) is 5.33. The molecular weight excluding hydrogens is 540 g/mol. The molecule has 0 atom stereocenters. The van der Waals surface area contributed by atoms with Gasteiger partial charge in [0.05, 0.1) is 0 Å². The molecule has 0 unspecified atom stereocenters. The molecule has 3 N–H and O–H groups in total. The summed E-state index contributed by atoms with van der Waals surface area (Å²) in [6.07, 6.45) is 0. The lowest BCUT2D eigenvalue weighted by Crippen LogP contribution is -2.25. The molecule has 0 radical (unpaired) electrons. The molecule has 0 bridgehead atoms. The van der Waals surface area contributed by atoms with E-state index in [9.17, 15) is 15.3 Å². The standard InChI is InChI=1S/C41H36O3/c1-26-8-5-11-29(20-26)35-23-32(14-17-38(35)42)41(4,33-15-18-39(43)36(24-33)30-12-6-9-27(2)21-30)34-16-19-40(44)37(25-34)31-13-7-10-28(3)22-31/h5-25,42-44H,1-4H3. The Kier molecular flexibility index (Phi) is 7.48. The van der Waals surface area contributed by atoms with E-state index in [2.05, 4.69) is 43.3 Å². The number of rotatable bonds is 6. The highest BCUT2D eigenvalue weighted by molar-refractivity contribution is 5.77. The van der Waals surface area contributed by atoms with Gasteiger partial charge >= 0.3 is 0 Å². The molecule has 44 heavy (non-hydrogen) atoms. The van der Waals surface area contributed by atoms with Crippen LogP contribution >= 0.6 is 0 Å². The van der Waals surface area contributed by atoms with Crippen molar-refractivity contribution in [1.82, 2.24) is 0 Å². The number of benzene rings is 6. The molecule has 0 aromatic heterocycles. The highest BCUT2D eigenvalue weighted by Gasteiger charge is 2.33. The van der Waals surface area contributed by atoms with E-state index in [-0.39, 0.29) is 17.2 Å². The van der Waals surface area contributed by atoms with Crippen LogP contribution in [-0.4, -0.2) is 15.3 Å². The molecule has 0 aliphatic heterocycles. The van der Waals surface area contributed by atoms with Gasteiger partial charge in [-0.15, -0.1) is 0 Å². The number of aromatic hydroxyl groups is 3. The second kappa shape index (κ2) is 11.4. The average Bonchev–Trinajstić information content (AvgIpc) is 3.01. The second-order valence-corrected chi connectivity index (χ2v) is 11.9. The summed E-state index contributed by atoms with van der Waals surface area (Å²) in [7, 11) is 0. The van der Waals surface area contributed by atoms with Crippen molar-refractivity contribution in [3.05, 3.63) is 161 Å². The van der Waals surface area contributed by atoms with E-state index in [1.807, 2.05) is 93.6 Å². The first-order valence-electron chi connectivity index (χ1n) is 14.8. The van der Waals surface area contributed by atoms with Gasteiger partial charge in [0.1, 0.15) is 17.2 Å². The fourth-order valence-electron chi connectivity index (χ4n) is 6.17. The fourth-order valence-corrected chi connectivity index (χ4v) is 6.17. The number of hydrogen-bond acceptors (Lipinski definition) is 3. The first kappa shape index (κ1) is 28.8. The Morgan fingerprint density at radius 1 is 0.386 bits per heavy atom. The van der Waals surface area contributed by atoms with Gasteiger partial charge < -0.3 is 15.3 Å². The second-order valence-electron chi connectivity index (χ2n) is 11.9. The first-order valence-corrected chi connectivity index (χ1v) is 14.8. The number of hydrogen-bond donors (Lipinski definition) is 3. The van der Waals surface area contributed by atoms with Gasteiger partial charge in [-0.25, -0.2) is 0 Å². The van der Waals surface area contributed by atoms with Crippen LogP contribution < -0.4 is 0 Å². The molecule has 3 heteroatoms.